The molecule has 2 aromatic rings. The number of carbonyl (C=O) groups excluding carboxylic acids is 2. The predicted molar refractivity (Wildman–Crippen MR) is 144 cm³/mol. The molecule has 0 radical (unpaired) electrons. The van der Waals surface area contributed by atoms with E-state index in [0.29, 0.717) is 37.3 Å². The largest absolute Gasteiger partial charge is 0.345 e. The Morgan fingerprint density at radius 2 is 1.76 bits per heavy atom. The molecule has 9 nitrogen and oxygen atoms in total. The molecule has 1 fully saturated rings. The molecule has 2 amide bonds. The Morgan fingerprint density at radius 3 is 2.38 bits per heavy atom. The number of amides is 2. The number of rotatable bonds is 7. The number of piperidine rings is 1. The van der Waals surface area contributed by atoms with E-state index in [1.54, 1.807) is 26.2 Å². The van der Waals surface area contributed by atoms with E-state index in [1.807, 2.05) is 55.3 Å². The molecule has 198 valence electrons. The van der Waals surface area contributed by atoms with Crippen LogP contribution < -0.4 is 5.32 Å². The van der Waals surface area contributed by atoms with E-state index >= 15 is 0 Å². The topological polar surface area (TPSA) is 102 Å². The third-order valence-corrected chi connectivity index (χ3v) is 9.03. The van der Waals surface area contributed by atoms with Crippen LogP contribution in [0.1, 0.15) is 39.9 Å². The van der Waals surface area contributed by atoms with Gasteiger partial charge in [-0.3, -0.25) is 14.9 Å². The highest BCUT2D eigenvalue weighted by atomic mass is 32.2. The molecule has 0 bridgehead atoms. The van der Waals surface area contributed by atoms with Gasteiger partial charge in [-0.15, -0.1) is 0 Å². The van der Waals surface area contributed by atoms with E-state index < -0.39 is 15.6 Å². The van der Waals surface area contributed by atoms with Crippen molar-refractivity contribution in [2.75, 3.05) is 40.0 Å². The fourth-order valence-electron chi connectivity index (χ4n) is 4.82. The summed E-state index contributed by atoms with van der Waals surface area (Å²) in [5.74, 6) is 0.249. The Labute approximate surface area is 219 Å². The number of hydrogen-bond donors (Lipinski definition) is 1. The van der Waals surface area contributed by atoms with Gasteiger partial charge in [0.2, 0.25) is 16.0 Å². The van der Waals surface area contributed by atoms with E-state index in [-0.39, 0.29) is 30.7 Å². The molecule has 0 atom stereocenters. The number of sulfonamides is 1. The van der Waals surface area contributed by atoms with Crippen molar-refractivity contribution in [1.29, 1.82) is 0 Å². The third-order valence-electron chi connectivity index (χ3n) is 7.16. The van der Waals surface area contributed by atoms with Gasteiger partial charge in [-0.1, -0.05) is 36.4 Å². The minimum atomic E-state index is -3.50. The highest BCUT2D eigenvalue weighted by Gasteiger charge is 2.48. The highest BCUT2D eigenvalue weighted by Crippen LogP contribution is 2.32. The lowest BCUT2D eigenvalue weighted by Crippen LogP contribution is -2.51. The average molecular weight is 526 g/mol. The van der Waals surface area contributed by atoms with Gasteiger partial charge in [0.15, 0.2) is 0 Å². The average Bonchev–Trinajstić information content (AvgIpc) is 3.19. The van der Waals surface area contributed by atoms with Crippen molar-refractivity contribution in [1.82, 2.24) is 19.4 Å². The number of hydrogen-bond acceptors (Lipinski definition) is 6. The van der Waals surface area contributed by atoms with Gasteiger partial charge >= 0.3 is 0 Å². The molecular formula is C27H35N5O4S. The van der Waals surface area contributed by atoms with Crippen LogP contribution in [0.4, 0.5) is 0 Å². The molecule has 2 heterocycles. The summed E-state index contributed by atoms with van der Waals surface area (Å²) in [6.07, 6.45) is 1.06. The van der Waals surface area contributed by atoms with E-state index in [4.69, 9.17) is 4.99 Å². The zero-order valence-corrected chi connectivity index (χ0v) is 22.7. The summed E-state index contributed by atoms with van der Waals surface area (Å²) in [6, 6.07) is 15.3. The fraction of sp³-hybridized carbons (Fsp3) is 0.444. The molecule has 0 aromatic heterocycles. The number of carbonyl (C=O) groups is 2. The molecular weight excluding hydrogens is 490 g/mol. The van der Waals surface area contributed by atoms with Crippen LogP contribution in [0, 0.1) is 6.92 Å². The van der Waals surface area contributed by atoms with Gasteiger partial charge in [0.1, 0.15) is 5.54 Å². The summed E-state index contributed by atoms with van der Waals surface area (Å²) in [5.41, 5.74) is 2.57. The smallest absolute Gasteiger partial charge is 0.254 e. The van der Waals surface area contributed by atoms with Crippen LogP contribution in [0.5, 0.6) is 0 Å². The van der Waals surface area contributed by atoms with Crippen LogP contribution in [0.3, 0.4) is 0 Å². The second kappa shape index (κ2) is 10.6. The minimum Gasteiger partial charge on any atom is -0.345 e. The summed E-state index contributed by atoms with van der Waals surface area (Å²) in [5, 5.41) is 2.90. The second-order valence-corrected chi connectivity index (χ2v) is 12.2. The Balaban J connectivity index is 1.36. The summed E-state index contributed by atoms with van der Waals surface area (Å²) in [6.45, 7) is 3.01. The zero-order chi connectivity index (χ0) is 26.8. The number of guanidine groups is 1. The molecule has 10 heteroatoms. The molecule has 0 saturated carbocycles. The van der Waals surface area contributed by atoms with Crippen molar-refractivity contribution in [3.8, 4) is 0 Å². The van der Waals surface area contributed by atoms with Crippen molar-refractivity contribution in [3.63, 3.8) is 0 Å². The van der Waals surface area contributed by atoms with Crippen molar-refractivity contribution in [2.45, 2.75) is 38.3 Å². The fourth-order valence-corrected chi connectivity index (χ4v) is 6.30. The van der Waals surface area contributed by atoms with Crippen LogP contribution in [-0.4, -0.2) is 85.8 Å². The lowest BCUT2D eigenvalue weighted by Gasteiger charge is -2.34. The quantitative estimate of drug-likeness (QED) is 0.596. The van der Waals surface area contributed by atoms with E-state index in [0.717, 1.165) is 16.7 Å². The van der Waals surface area contributed by atoms with Gasteiger partial charge in [-0.05, 0) is 55.0 Å². The van der Waals surface area contributed by atoms with Crippen LogP contribution in [0.2, 0.25) is 0 Å². The minimum absolute atomic E-state index is 0.0255. The van der Waals surface area contributed by atoms with Crippen LogP contribution in [0.15, 0.2) is 53.5 Å². The van der Waals surface area contributed by atoms with Crippen LogP contribution >= 0.6 is 0 Å². The number of nitrogens with one attached hydrogen (secondary N) is 1. The molecule has 2 aliphatic rings. The van der Waals surface area contributed by atoms with Crippen molar-refractivity contribution in [2.24, 2.45) is 4.99 Å². The lowest BCUT2D eigenvalue weighted by molar-refractivity contribution is -0.125. The van der Waals surface area contributed by atoms with Gasteiger partial charge in [0, 0.05) is 46.3 Å². The van der Waals surface area contributed by atoms with Crippen molar-refractivity contribution in [3.05, 3.63) is 70.8 Å². The first-order chi connectivity index (χ1) is 17.5. The Morgan fingerprint density at radius 1 is 1.08 bits per heavy atom. The maximum absolute atomic E-state index is 13.1. The Hall–Kier alpha value is -3.24. The zero-order valence-electron chi connectivity index (χ0n) is 21.9. The number of aryl methyl sites for hydroxylation is 2. The van der Waals surface area contributed by atoms with Crippen LogP contribution in [0.25, 0.3) is 0 Å². The molecule has 0 unspecified atom stereocenters. The van der Waals surface area contributed by atoms with E-state index in [1.165, 1.54) is 9.21 Å². The Kier molecular flexibility index (Phi) is 7.70. The van der Waals surface area contributed by atoms with Crippen molar-refractivity contribution >= 4 is 27.8 Å². The van der Waals surface area contributed by atoms with Gasteiger partial charge in [-0.2, -0.15) is 0 Å². The monoisotopic (exact) mass is 525 g/mol. The first kappa shape index (κ1) is 26.8. The summed E-state index contributed by atoms with van der Waals surface area (Å²) >= 11 is 0. The molecule has 1 spiro atoms. The maximum atomic E-state index is 13.1. The SMILES string of the molecule is Cc1cc(C(=O)N(C)C)ccc1CCS(=O)(=O)N1CCC2(CC1)N=C(N(C)Cc1ccccc1)NC2=O. The number of nitrogens with zero attached hydrogens (tertiary/aromatic N) is 4. The normalized spacial score (nSPS) is 17.4. The van der Waals surface area contributed by atoms with E-state index in [9.17, 15) is 18.0 Å². The molecule has 0 aliphatic carbocycles. The molecule has 37 heavy (non-hydrogen) atoms. The van der Waals surface area contributed by atoms with E-state index in [2.05, 4.69) is 5.32 Å². The molecule has 2 aromatic carbocycles. The predicted octanol–water partition coefficient (Wildman–Crippen LogP) is 2.02. The molecule has 1 saturated heterocycles. The first-order valence-corrected chi connectivity index (χ1v) is 14.1. The van der Waals surface area contributed by atoms with Gasteiger partial charge in [-0.25, -0.2) is 17.7 Å². The summed E-state index contributed by atoms with van der Waals surface area (Å²) in [4.78, 5) is 33.2. The first-order valence-electron chi connectivity index (χ1n) is 12.5. The number of benzene rings is 2. The Bertz CT molecular complexity index is 1300. The second-order valence-electron chi connectivity index (χ2n) is 10.1. The number of aliphatic imine (C=N–C) groups is 1. The molecule has 1 N–H and O–H groups in total. The van der Waals surface area contributed by atoms with Crippen molar-refractivity contribution < 1.29 is 18.0 Å². The molecule has 2 aliphatic heterocycles. The summed E-state index contributed by atoms with van der Waals surface area (Å²) < 4.78 is 27.7. The van der Waals surface area contributed by atoms with Gasteiger partial charge in [0.05, 0.1) is 5.75 Å². The lowest BCUT2D eigenvalue weighted by atomic mass is 9.89. The van der Waals surface area contributed by atoms with Crippen LogP contribution in [-0.2, 0) is 27.8 Å². The summed E-state index contributed by atoms with van der Waals surface area (Å²) in [7, 11) is 1.78. The van der Waals surface area contributed by atoms with Gasteiger partial charge in [0.25, 0.3) is 11.8 Å². The van der Waals surface area contributed by atoms with Gasteiger partial charge < -0.3 is 9.80 Å². The highest BCUT2D eigenvalue weighted by molar-refractivity contribution is 7.89. The standard InChI is InChI=1S/C27H35N5O4S/c1-20-18-23(24(33)30(2)3)11-10-22(20)12-17-37(35,36)32-15-13-27(14-16-32)25(34)28-26(29-27)31(4)19-21-8-6-5-7-9-21/h5-11,18H,12-17,19H2,1-4H3,(H,28,29,34). The third kappa shape index (κ3) is 5.86. The molecule has 4 rings (SSSR count). The maximum Gasteiger partial charge on any atom is 0.254 e.